The Morgan fingerprint density at radius 1 is 1.11 bits per heavy atom. The Hall–Kier alpha value is -2.39. The molecule has 0 aliphatic heterocycles. The summed E-state index contributed by atoms with van der Waals surface area (Å²) in [4.78, 5) is 12.2. The van der Waals surface area contributed by atoms with Crippen molar-refractivity contribution in [2.75, 3.05) is 11.1 Å². The molecule has 0 saturated heterocycles. The number of nitrogens with two attached hydrogens (primary N) is 1. The van der Waals surface area contributed by atoms with Gasteiger partial charge in [0.05, 0.1) is 6.42 Å². The van der Waals surface area contributed by atoms with Crippen LogP contribution < -0.4 is 11.1 Å². The number of benzene rings is 1. The Bertz CT molecular complexity index is 909. The number of nitrogens with one attached hydrogen (secondary N) is 1. The van der Waals surface area contributed by atoms with Crippen LogP contribution in [0.5, 0.6) is 0 Å². The molecule has 3 aromatic rings. The zero-order chi connectivity index (χ0) is 18.6. The minimum Gasteiger partial charge on any atom is -0.374 e. The lowest BCUT2D eigenvalue weighted by atomic mass is 10.0. The lowest BCUT2D eigenvalue weighted by molar-refractivity contribution is -0.115. The van der Waals surface area contributed by atoms with E-state index in [-0.39, 0.29) is 5.91 Å². The van der Waals surface area contributed by atoms with E-state index in [0.29, 0.717) is 28.5 Å². The molecule has 0 spiro atoms. The molecule has 4 rings (SSSR count). The molecular weight excluding hydrogens is 380 g/mol. The maximum absolute atomic E-state index is 12.2. The Labute approximate surface area is 165 Å². The molecule has 2 heterocycles. The molecule has 9 heteroatoms. The number of rotatable bonds is 6. The van der Waals surface area contributed by atoms with Crippen LogP contribution in [-0.4, -0.2) is 26.3 Å². The van der Waals surface area contributed by atoms with Gasteiger partial charge in [0, 0.05) is 12.3 Å². The minimum atomic E-state index is -0.0675. The fourth-order valence-corrected chi connectivity index (χ4v) is 5.11. The second-order valence-corrected chi connectivity index (χ2v) is 8.87. The number of anilines is 2. The molecule has 0 radical (unpaired) electrons. The largest absolute Gasteiger partial charge is 0.374 e. The zero-order valence-corrected chi connectivity index (χ0v) is 16.3. The number of amides is 1. The summed E-state index contributed by atoms with van der Waals surface area (Å²) >= 11 is 2.95. The van der Waals surface area contributed by atoms with Crippen LogP contribution in [0.3, 0.4) is 0 Å². The smallest absolute Gasteiger partial charge is 0.230 e. The highest BCUT2D eigenvalue weighted by Crippen LogP contribution is 2.41. The summed E-state index contributed by atoms with van der Waals surface area (Å²) in [6.07, 6.45) is 4.55. The molecule has 1 fully saturated rings. The van der Waals surface area contributed by atoms with Gasteiger partial charge in [-0.1, -0.05) is 53.0 Å². The first-order valence-corrected chi connectivity index (χ1v) is 10.5. The number of aromatic nitrogens is 4. The van der Waals surface area contributed by atoms with Crippen LogP contribution in [0.1, 0.15) is 40.8 Å². The maximum atomic E-state index is 12.2. The molecule has 2 atom stereocenters. The number of nitrogen functional groups attached to an aromatic ring is 1. The van der Waals surface area contributed by atoms with Crippen LogP contribution in [0.25, 0.3) is 0 Å². The highest BCUT2D eigenvalue weighted by molar-refractivity contribution is 7.15. The van der Waals surface area contributed by atoms with Crippen molar-refractivity contribution < 1.29 is 4.79 Å². The first kappa shape index (κ1) is 18.0. The van der Waals surface area contributed by atoms with Crippen LogP contribution in [0, 0.1) is 5.92 Å². The molecule has 3 N–H and O–H groups in total. The monoisotopic (exact) mass is 400 g/mol. The zero-order valence-electron chi connectivity index (χ0n) is 14.7. The van der Waals surface area contributed by atoms with Gasteiger partial charge >= 0.3 is 0 Å². The van der Waals surface area contributed by atoms with Gasteiger partial charge < -0.3 is 11.1 Å². The minimum absolute atomic E-state index is 0.0675. The van der Waals surface area contributed by atoms with Crippen LogP contribution >= 0.6 is 22.7 Å². The lowest BCUT2D eigenvalue weighted by Gasteiger charge is -2.06. The molecular formula is C18H20N6OS2. The predicted octanol–water partition coefficient (Wildman–Crippen LogP) is 3.28. The van der Waals surface area contributed by atoms with Crippen molar-refractivity contribution in [2.45, 2.75) is 38.0 Å². The van der Waals surface area contributed by atoms with E-state index in [1.807, 2.05) is 30.3 Å². The molecule has 0 bridgehead atoms. The fraction of sp³-hybridized carbons (Fsp3) is 0.389. The number of carbonyl (C=O) groups excluding carboxylic acids is 1. The van der Waals surface area contributed by atoms with Gasteiger partial charge in [0.25, 0.3) is 0 Å². The van der Waals surface area contributed by atoms with Gasteiger partial charge in [-0.15, -0.1) is 20.4 Å². The summed E-state index contributed by atoms with van der Waals surface area (Å²) < 4.78 is 0. The van der Waals surface area contributed by atoms with Gasteiger partial charge in [-0.2, -0.15) is 0 Å². The number of hydrogen-bond acceptors (Lipinski definition) is 8. The summed E-state index contributed by atoms with van der Waals surface area (Å²) in [5.41, 5.74) is 6.64. The topological polar surface area (TPSA) is 107 Å². The highest BCUT2D eigenvalue weighted by Gasteiger charge is 2.29. The first-order valence-electron chi connectivity index (χ1n) is 8.90. The van der Waals surface area contributed by atoms with Gasteiger partial charge in [-0.3, -0.25) is 4.79 Å². The molecule has 1 aliphatic carbocycles. The average molecular weight is 401 g/mol. The molecule has 27 heavy (non-hydrogen) atoms. The van der Waals surface area contributed by atoms with E-state index in [0.717, 1.165) is 41.3 Å². The van der Waals surface area contributed by atoms with E-state index >= 15 is 0 Å². The summed E-state index contributed by atoms with van der Waals surface area (Å²) in [7, 11) is 0. The predicted molar refractivity (Wildman–Crippen MR) is 107 cm³/mol. The summed E-state index contributed by atoms with van der Waals surface area (Å²) in [5.74, 6) is 0.905. The van der Waals surface area contributed by atoms with E-state index in [1.54, 1.807) is 0 Å². The van der Waals surface area contributed by atoms with E-state index in [1.165, 1.54) is 22.7 Å². The van der Waals surface area contributed by atoms with Crippen molar-refractivity contribution in [3.05, 3.63) is 45.9 Å². The quantitative estimate of drug-likeness (QED) is 0.658. The number of nitrogens with zero attached hydrogens (tertiary/aromatic N) is 4. The highest BCUT2D eigenvalue weighted by atomic mass is 32.1. The third-order valence-electron chi connectivity index (χ3n) is 4.73. The molecule has 1 aromatic carbocycles. The van der Waals surface area contributed by atoms with E-state index < -0.39 is 0 Å². The number of carbonyl (C=O) groups is 1. The van der Waals surface area contributed by atoms with Gasteiger partial charge in [0.2, 0.25) is 16.2 Å². The van der Waals surface area contributed by atoms with Crippen molar-refractivity contribution in [3.63, 3.8) is 0 Å². The maximum Gasteiger partial charge on any atom is 0.230 e. The molecule has 1 aliphatic rings. The van der Waals surface area contributed by atoms with Crippen LogP contribution in [0.4, 0.5) is 10.3 Å². The Balaban J connectivity index is 1.31. The first-order chi connectivity index (χ1) is 13.2. The van der Waals surface area contributed by atoms with Crippen LogP contribution in [0.15, 0.2) is 30.3 Å². The van der Waals surface area contributed by atoms with E-state index in [9.17, 15) is 4.79 Å². The van der Waals surface area contributed by atoms with Crippen molar-refractivity contribution in [1.82, 2.24) is 20.4 Å². The molecule has 1 amide bonds. The van der Waals surface area contributed by atoms with Crippen molar-refractivity contribution in [2.24, 2.45) is 5.92 Å². The Morgan fingerprint density at radius 2 is 1.96 bits per heavy atom. The SMILES string of the molecule is Nc1nnc(C[C@@H]2CC[C@H](c3nnc(NC(=O)Cc4ccccc4)s3)C2)s1. The van der Waals surface area contributed by atoms with E-state index in [2.05, 4.69) is 25.7 Å². The summed E-state index contributed by atoms with van der Waals surface area (Å²) in [6.45, 7) is 0. The fourth-order valence-electron chi connectivity index (χ4n) is 3.48. The lowest BCUT2D eigenvalue weighted by Crippen LogP contribution is -2.14. The Morgan fingerprint density at radius 3 is 2.74 bits per heavy atom. The molecule has 2 aromatic heterocycles. The number of hydrogen-bond donors (Lipinski definition) is 2. The van der Waals surface area contributed by atoms with Crippen molar-refractivity contribution in [3.8, 4) is 0 Å². The Kier molecular flexibility index (Phi) is 5.40. The van der Waals surface area contributed by atoms with Gasteiger partial charge in [-0.25, -0.2) is 0 Å². The van der Waals surface area contributed by atoms with Crippen molar-refractivity contribution >= 4 is 38.8 Å². The molecule has 1 saturated carbocycles. The molecule has 0 unspecified atom stereocenters. The van der Waals surface area contributed by atoms with Gasteiger partial charge in [0.15, 0.2) is 0 Å². The van der Waals surface area contributed by atoms with Gasteiger partial charge in [-0.05, 0) is 30.7 Å². The van der Waals surface area contributed by atoms with E-state index in [4.69, 9.17) is 5.73 Å². The average Bonchev–Trinajstić information content (AvgIpc) is 3.38. The van der Waals surface area contributed by atoms with Crippen LogP contribution in [0.2, 0.25) is 0 Å². The third kappa shape index (κ3) is 4.67. The normalized spacial score (nSPS) is 19.3. The third-order valence-corrected chi connectivity index (χ3v) is 6.51. The van der Waals surface area contributed by atoms with Gasteiger partial charge in [0.1, 0.15) is 10.0 Å². The standard InChI is InChI=1S/C18H20N6OS2/c19-17-23-21-15(26-17)10-12-6-7-13(8-12)16-22-24-18(27-16)20-14(25)9-11-4-2-1-3-5-11/h1-5,12-13H,6-10H2,(H2,19,23)(H,20,24,25)/t12-,13+/m1/s1. The second-order valence-electron chi connectivity index (χ2n) is 6.77. The van der Waals surface area contributed by atoms with Crippen LogP contribution in [-0.2, 0) is 17.6 Å². The second kappa shape index (κ2) is 8.10. The molecule has 7 nitrogen and oxygen atoms in total. The van der Waals surface area contributed by atoms with Crippen molar-refractivity contribution in [1.29, 1.82) is 0 Å². The summed E-state index contributed by atoms with van der Waals surface area (Å²) in [6, 6.07) is 9.68. The molecule has 140 valence electrons. The summed E-state index contributed by atoms with van der Waals surface area (Å²) in [5, 5.41) is 22.4.